The highest BCUT2D eigenvalue weighted by molar-refractivity contribution is 5.91. The van der Waals surface area contributed by atoms with E-state index in [1.165, 1.54) is 38.3 Å². The number of carbonyl (C=O) groups is 1. The van der Waals surface area contributed by atoms with Crippen molar-refractivity contribution < 1.29 is 22.7 Å². The molecule has 0 bridgehead atoms. The number of carbonyl (C=O) groups excluding carboxylic acids is 1. The predicted octanol–water partition coefficient (Wildman–Crippen LogP) is 7.51. The Morgan fingerprint density at radius 2 is 1.62 bits per heavy atom. The van der Waals surface area contributed by atoms with Crippen molar-refractivity contribution in [2.45, 2.75) is 58.3 Å². The van der Waals surface area contributed by atoms with Crippen molar-refractivity contribution >= 4 is 5.97 Å². The van der Waals surface area contributed by atoms with Gasteiger partial charge in [0.15, 0.2) is 0 Å². The highest BCUT2D eigenvalue weighted by Crippen LogP contribution is 2.48. The lowest BCUT2D eigenvalue weighted by atomic mass is 9.64. The lowest BCUT2D eigenvalue weighted by molar-refractivity contribution is 0.0733. The summed E-state index contributed by atoms with van der Waals surface area (Å²) in [4.78, 5) is 12.4. The SMILES string of the molecule is C/C=C/C1CCC2CC(c3ccc(C(=O)Oc4cc(F)c(C)c(F)c4)cc3F)CCC2C1. The molecule has 5 heteroatoms. The van der Waals surface area contributed by atoms with Crippen molar-refractivity contribution in [2.24, 2.45) is 17.8 Å². The van der Waals surface area contributed by atoms with E-state index in [1.807, 2.05) is 0 Å². The van der Waals surface area contributed by atoms with Gasteiger partial charge in [0.2, 0.25) is 0 Å². The smallest absolute Gasteiger partial charge is 0.343 e. The monoisotopic (exact) mass is 442 g/mol. The van der Waals surface area contributed by atoms with Gasteiger partial charge in [-0.25, -0.2) is 18.0 Å². The quantitative estimate of drug-likeness (QED) is 0.278. The average Bonchev–Trinajstić information content (AvgIpc) is 2.77. The van der Waals surface area contributed by atoms with Gasteiger partial charge in [-0.05, 0) is 93.7 Å². The zero-order chi connectivity index (χ0) is 22.8. The summed E-state index contributed by atoms with van der Waals surface area (Å²) < 4.78 is 47.4. The Morgan fingerprint density at radius 3 is 2.31 bits per heavy atom. The molecule has 0 N–H and O–H groups in total. The van der Waals surface area contributed by atoms with Gasteiger partial charge in [-0.1, -0.05) is 18.2 Å². The maximum Gasteiger partial charge on any atom is 0.343 e. The van der Waals surface area contributed by atoms with E-state index in [2.05, 4.69) is 19.1 Å². The van der Waals surface area contributed by atoms with Gasteiger partial charge in [0.1, 0.15) is 23.2 Å². The molecule has 4 atom stereocenters. The third-order valence-corrected chi connectivity index (χ3v) is 7.26. The number of hydrogen-bond donors (Lipinski definition) is 0. The Kier molecular flexibility index (Phi) is 6.73. The number of esters is 1. The van der Waals surface area contributed by atoms with Crippen LogP contribution in [0.5, 0.6) is 5.75 Å². The van der Waals surface area contributed by atoms with Crippen molar-refractivity contribution in [1.29, 1.82) is 0 Å². The van der Waals surface area contributed by atoms with Crippen LogP contribution in [0.4, 0.5) is 13.2 Å². The topological polar surface area (TPSA) is 26.3 Å². The van der Waals surface area contributed by atoms with Crippen molar-refractivity contribution in [1.82, 2.24) is 0 Å². The third-order valence-electron chi connectivity index (χ3n) is 7.26. The molecule has 2 aliphatic carbocycles. The molecule has 2 saturated carbocycles. The molecule has 2 fully saturated rings. The highest BCUT2D eigenvalue weighted by atomic mass is 19.1. The summed E-state index contributed by atoms with van der Waals surface area (Å²) in [6.07, 6.45) is 11.1. The minimum Gasteiger partial charge on any atom is -0.423 e. The summed E-state index contributed by atoms with van der Waals surface area (Å²) in [5.41, 5.74) is 0.515. The Labute approximate surface area is 187 Å². The van der Waals surface area contributed by atoms with Crippen molar-refractivity contribution in [3.8, 4) is 5.75 Å². The lowest BCUT2D eigenvalue weighted by Crippen LogP contribution is -2.30. The second kappa shape index (κ2) is 9.51. The van der Waals surface area contributed by atoms with Crippen LogP contribution in [-0.4, -0.2) is 5.97 Å². The van der Waals surface area contributed by atoms with Crippen LogP contribution in [-0.2, 0) is 0 Å². The van der Waals surface area contributed by atoms with Crippen LogP contribution in [0.2, 0.25) is 0 Å². The maximum atomic E-state index is 15.0. The number of ether oxygens (including phenoxy) is 1. The summed E-state index contributed by atoms with van der Waals surface area (Å²) in [7, 11) is 0. The van der Waals surface area contributed by atoms with Crippen molar-refractivity contribution in [3.63, 3.8) is 0 Å². The van der Waals surface area contributed by atoms with Crippen LogP contribution in [0, 0.1) is 42.1 Å². The average molecular weight is 443 g/mol. The fourth-order valence-corrected chi connectivity index (χ4v) is 5.49. The largest absolute Gasteiger partial charge is 0.423 e. The number of hydrogen-bond acceptors (Lipinski definition) is 2. The van der Waals surface area contributed by atoms with Gasteiger partial charge in [-0.15, -0.1) is 0 Å². The lowest BCUT2D eigenvalue weighted by Gasteiger charge is -2.41. The fraction of sp³-hybridized carbons (Fsp3) is 0.444. The zero-order valence-corrected chi connectivity index (χ0v) is 18.5. The van der Waals surface area contributed by atoms with Gasteiger partial charge >= 0.3 is 5.97 Å². The van der Waals surface area contributed by atoms with Crippen LogP contribution >= 0.6 is 0 Å². The van der Waals surface area contributed by atoms with Crippen LogP contribution in [0.15, 0.2) is 42.5 Å². The molecule has 0 radical (unpaired) electrons. The molecular weight excluding hydrogens is 413 g/mol. The van der Waals surface area contributed by atoms with Crippen LogP contribution < -0.4 is 4.74 Å². The molecule has 0 amide bonds. The zero-order valence-electron chi connectivity index (χ0n) is 18.5. The molecule has 2 aromatic carbocycles. The number of fused-ring (bicyclic) bond motifs is 1. The first kappa shape index (κ1) is 22.6. The summed E-state index contributed by atoms with van der Waals surface area (Å²) in [5.74, 6) is -0.938. The fourth-order valence-electron chi connectivity index (χ4n) is 5.49. The molecule has 32 heavy (non-hydrogen) atoms. The van der Waals surface area contributed by atoms with Gasteiger partial charge in [-0.3, -0.25) is 0 Å². The molecule has 4 unspecified atom stereocenters. The molecule has 4 rings (SSSR count). The molecular formula is C27H29F3O2. The van der Waals surface area contributed by atoms with E-state index in [9.17, 15) is 18.0 Å². The van der Waals surface area contributed by atoms with Crippen molar-refractivity contribution in [3.05, 3.63) is 76.6 Å². The molecule has 0 saturated heterocycles. The molecule has 0 aliphatic heterocycles. The summed E-state index contributed by atoms with van der Waals surface area (Å²) in [6, 6.07) is 6.28. The van der Waals surface area contributed by atoms with E-state index in [1.54, 1.807) is 6.07 Å². The molecule has 2 nitrogen and oxygen atoms in total. The molecule has 2 aliphatic rings. The standard InChI is InChI=1S/C27H29F3O2/c1-3-4-17-5-6-19-12-20(8-7-18(19)11-17)23-10-9-21(13-26(23)30)27(31)32-22-14-24(28)16(2)25(29)15-22/h3-4,9-10,13-15,17-20H,5-8,11-12H2,1-2H3/b4-3+. The first-order valence-electron chi connectivity index (χ1n) is 11.5. The molecule has 0 spiro atoms. The van der Waals surface area contributed by atoms with Gasteiger partial charge in [0.25, 0.3) is 0 Å². The van der Waals surface area contributed by atoms with Crippen LogP contribution in [0.3, 0.4) is 0 Å². The second-order valence-corrected chi connectivity index (χ2v) is 9.27. The summed E-state index contributed by atoms with van der Waals surface area (Å²) in [6.45, 7) is 3.37. The van der Waals surface area contributed by atoms with Crippen LogP contribution in [0.1, 0.15) is 72.9 Å². The van der Waals surface area contributed by atoms with Crippen LogP contribution in [0.25, 0.3) is 0 Å². The third kappa shape index (κ3) is 4.77. The Balaban J connectivity index is 1.43. The second-order valence-electron chi connectivity index (χ2n) is 9.27. The highest BCUT2D eigenvalue weighted by Gasteiger charge is 2.36. The summed E-state index contributed by atoms with van der Waals surface area (Å²) >= 11 is 0. The van der Waals surface area contributed by atoms with Gasteiger partial charge in [0.05, 0.1) is 5.56 Å². The van der Waals surface area contributed by atoms with Gasteiger partial charge < -0.3 is 4.74 Å². The normalized spacial score (nSPS) is 25.5. The van der Waals surface area contributed by atoms with E-state index in [-0.39, 0.29) is 22.8 Å². The summed E-state index contributed by atoms with van der Waals surface area (Å²) in [5, 5.41) is 0. The van der Waals surface area contributed by atoms with Gasteiger partial charge in [0, 0.05) is 17.7 Å². The van der Waals surface area contributed by atoms with E-state index in [0.29, 0.717) is 23.3 Å². The Hall–Kier alpha value is -2.56. The van der Waals surface area contributed by atoms with E-state index in [4.69, 9.17) is 4.74 Å². The number of benzene rings is 2. The first-order chi connectivity index (χ1) is 15.4. The Morgan fingerprint density at radius 1 is 0.938 bits per heavy atom. The number of halogens is 3. The number of allylic oxidation sites excluding steroid dienone is 2. The first-order valence-corrected chi connectivity index (χ1v) is 11.5. The van der Waals surface area contributed by atoms with E-state index in [0.717, 1.165) is 31.4 Å². The predicted molar refractivity (Wildman–Crippen MR) is 118 cm³/mol. The minimum absolute atomic E-state index is 0.0215. The van der Waals surface area contributed by atoms with E-state index < -0.39 is 23.4 Å². The van der Waals surface area contributed by atoms with E-state index >= 15 is 0 Å². The Bertz CT molecular complexity index is 1010. The molecule has 170 valence electrons. The van der Waals surface area contributed by atoms with Gasteiger partial charge in [-0.2, -0.15) is 0 Å². The molecule has 2 aromatic rings. The minimum atomic E-state index is -0.843. The maximum absolute atomic E-state index is 15.0. The van der Waals surface area contributed by atoms with Crippen molar-refractivity contribution in [2.75, 3.05) is 0 Å². The molecule has 0 heterocycles. The number of rotatable bonds is 4. The molecule has 0 aromatic heterocycles.